The number of aromatic nitrogens is 3. The molecule has 1 saturated heterocycles. The number of nitrogens with one attached hydrogen (secondary N) is 1. The van der Waals surface area contributed by atoms with E-state index >= 15 is 0 Å². The van der Waals surface area contributed by atoms with Crippen molar-refractivity contribution in [2.75, 3.05) is 45.2 Å². The van der Waals surface area contributed by atoms with E-state index in [2.05, 4.69) is 33.3 Å². The van der Waals surface area contributed by atoms with Crippen LogP contribution in [0, 0.1) is 0 Å². The lowest BCUT2D eigenvalue weighted by atomic mass is 10.1. The smallest absolute Gasteiger partial charge is 0.194 e. The third kappa shape index (κ3) is 5.81. The number of morpholine rings is 1. The van der Waals surface area contributed by atoms with Gasteiger partial charge in [-0.05, 0) is 24.6 Å². The standard InChI is InChI=1S/C19H29N7O.HI/c1-5-20-19(22-11-15-6-7-21-18(10-15)24(2)3)26-8-9-27-17(14-26)16-12-23-25(4)13-16;/h6-7,10,12-13,17H,5,8-9,11,14H2,1-4H3,(H,20,22);1H. The van der Waals surface area contributed by atoms with E-state index in [-0.39, 0.29) is 30.1 Å². The number of nitrogens with zero attached hydrogens (tertiary/aromatic N) is 6. The van der Waals surface area contributed by atoms with Crippen LogP contribution in [0.4, 0.5) is 5.82 Å². The Balaban J connectivity index is 0.00000280. The monoisotopic (exact) mass is 499 g/mol. The Hall–Kier alpha value is -1.88. The maximum absolute atomic E-state index is 5.95. The molecule has 3 rings (SSSR count). The van der Waals surface area contributed by atoms with Crippen molar-refractivity contribution < 1.29 is 4.74 Å². The van der Waals surface area contributed by atoms with Crippen LogP contribution < -0.4 is 10.2 Å². The molecule has 1 aliphatic rings. The molecule has 2 aromatic rings. The molecule has 1 fully saturated rings. The van der Waals surface area contributed by atoms with Crippen molar-refractivity contribution in [3.05, 3.63) is 41.9 Å². The highest BCUT2D eigenvalue weighted by molar-refractivity contribution is 14.0. The average Bonchev–Trinajstić information content (AvgIpc) is 3.12. The molecule has 0 radical (unpaired) electrons. The predicted octanol–water partition coefficient (Wildman–Crippen LogP) is 2.04. The highest BCUT2D eigenvalue weighted by Crippen LogP contribution is 2.21. The molecule has 9 heteroatoms. The molecule has 2 aromatic heterocycles. The topological polar surface area (TPSA) is 70.8 Å². The van der Waals surface area contributed by atoms with Gasteiger partial charge in [-0.2, -0.15) is 5.10 Å². The number of hydrogen-bond donors (Lipinski definition) is 1. The largest absolute Gasteiger partial charge is 0.370 e. The molecule has 1 N–H and O–H groups in total. The van der Waals surface area contributed by atoms with Crippen molar-refractivity contribution in [2.24, 2.45) is 12.0 Å². The van der Waals surface area contributed by atoms with E-state index in [1.54, 1.807) is 0 Å². The molecule has 0 saturated carbocycles. The maximum atomic E-state index is 5.95. The van der Waals surface area contributed by atoms with E-state index < -0.39 is 0 Å². The second-order valence-electron chi connectivity index (χ2n) is 6.84. The number of aryl methyl sites for hydroxylation is 1. The summed E-state index contributed by atoms with van der Waals surface area (Å²) in [5, 5.41) is 7.67. The predicted molar refractivity (Wildman–Crippen MR) is 122 cm³/mol. The van der Waals surface area contributed by atoms with Gasteiger partial charge in [0.05, 0.1) is 25.9 Å². The minimum absolute atomic E-state index is 0. The first kappa shape index (κ1) is 22.4. The zero-order valence-corrected chi connectivity index (χ0v) is 19.3. The number of aliphatic imine (C=N–C) groups is 1. The summed E-state index contributed by atoms with van der Waals surface area (Å²) in [5.74, 6) is 1.86. The van der Waals surface area contributed by atoms with Crippen LogP contribution in [0.2, 0.25) is 0 Å². The summed E-state index contributed by atoms with van der Waals surface area (Å²) < 4.78 is 7.76. The first-order chi connectivity index (χ1) is 13.1. The Morgan fingerprint density at radius 3 is 2.93 bits per heavy atom. The summed E-state index contributed by atoms with van der Waals surface area (Å²) in [7, 11) is 5.91. The van der Waals surface area contributed by atoms with Crippen molar-refractivity contribution in [3.8, 4) is 0 Å². The first-order valence-electron chi connectivity index (χ1n) is 9.32. The van der Waals surface area contributed by atoms with E-state index in [9.17, 15) is 0 Å². The van der Waals surface area contributed by atoms with Gasteiger partial charge < -0.3 is 19.9 Å². The number of halogens is 1. The minimum atomic E-state index is 0. The lowest BCUT2D eigenvalue weighted by Crippen LogP contribution is -2.48. The third-order valence-corrected chi connectivity index (χ3v) is 4.48. The van der Waals surface area contributed by atoms with Crippen LogP contribution in [0.15, 0.2) is 35.7 Å². The Bertz CT molecular complexity index is 777. The van der Waals surface area contributed by atoms with Gasteiger partial charge in [-0.3, -0.25) is 4.68 Å². The van der Waals surface area contributed by atoms with Crippen molar-refractivity contribution in [2.45, 2.75) is 19.6 Å². The molecule has 0 amide bonds. The second-order valence-corrected chi connectivity index (χ2v) is 6.84. The lowest BCUT2D eigenvalue weighted by Gasteiger charge is -2.34. The third-order valence-electron chi connectivity index (χ3n) is 4.48. The van der Waals surface area contributed by atoms with Crippen molar-refractivity contribution in [3.63, 3.8) is 0 Å². The zero-order valence-electron chi connectivity index (χ0n) is 17.0. The molecule has 0 spiro atoms. The van der Waals surface area contributed by atoms with Crippen LogP contribution in [0.5, 0.6) is 0 Å². The molecule has 3 heterocycles. The number of ether oxygens (including phenoxy) is 1. The zero-order chi connectivity index (χ0) is 19.2. The number of pyridine rings is 1. The summed E-state index contributed by atoms with van der Waals surface area (Å²) in [6.07, 6.45) is 5.73. The van der Waals surface area contributed by atoms with E-state index in [0.717, 1.165) is 42.5 Å². The van der Waals surface area contributed by atoms with E-state index in [1.807, 2.05) is 55.4 Å². The summed E-state index contributed by atoms with van der Waals surface area (Å²) >= 11 is 0. The van der Waals surface area contributed by atoms with E-state index in [0.29, 0.717) is 13.2 Å². The summed E-state index contributed by atoms with van der Waals surface area (Å²) in [6, 6.07) is 4.09. The van der Waals surface area contributed by atoms with E-state index in [4.69, 9.17) is 9.73 Å². The van der Waals surface area contributed by atoms with Crippen molar-refractivity contribution in [1.82, 2.24) is 25.0 Å². The summed E-state index contributed by atoms with van der Waals surface area (Å²) in [4.78, 5) is 13.5. The number of anilines is 1. The van der Waals surface area contributed by atoms with Gasteiger partial charge in [0.25, 0.3) is 0 Å². The molecule has 1 atom stereocenters. The van der Waals surface area contributed by atoms with Gasteiger partial charge in [0.15, 0.2) is 5.96 Å². The van der Waals surface area contributed by atoms with E-state index in [1.165, 1.54) is 0 Å². The summed E-state index contributed by atoms with van der Waals surface area (Å²) in [6.45, 7) is 5.78. The second kappa shape index (κ2) is 10.6. The molecule has 28 heavy (non-hydrogen) atoms. The minimum Gasteiger partial charge on any atom is -0.370 e. The number of hydrogen-bond acceptors (Lipinski definition) is 5. The number of guanidine groups is 1. The Morgan fingerprint density at radius 2 is 2.25 bits per heavy atom. The molecular formula is C19H30IN7O. The van der Waals surface area contributed by atoms with Crippen molar-refractivity contribution in [1.29, 1.82) is 0 Å². The van der Waals surface area contributed by atoms with Crippen LogP contribution in [0.25, 0.3) is 0 Å². The van der Waals surface area contributed by atoms with Gasteiger partial charge in [-0.1, -0.05) is 0 Å². The molecule has 0 aromatic carbocycles. The van der Waals surface area contributed by atoms with Gasteiger partial charge in [-0.15, -0.1) is 24.0 Å². The van der Waals surface area contributed by atoms with Gasteiger partial charge in [-0.25, -0.2) is 9.98 Å². The van der Waals surface area contributed by atoms with Gasteiger partial charge >= 0.3 is 0 Å². The number of rotatable bonds is 5. The molecule has 1 aliphatic heterocycles. The Morgan fingerprint density at radius 1 is 1.43 bits per heavy atom. The quantitative estimate of drug-likeness (QED) is 0.386. The fourth-order valence-electron chi connectivity index (χ4n) is 3.05. The Labute approximate surface area is 184 Å². The van der Waals surface area contributed by atoms with Crippen molar-refractivity contribution >= 4 is 35.8 Å². The van der Waals surface area contributed by atoms with Crippen LogP contribution in [-0.4, -0.2) is 66.0 Å². The normalized spacial score (nSPS) is 17.2. The SMILES string of the molecule is CCNC(=NCc1ccnc(N(C)C)c1)N1CCOC(c2cnn(C)c2)C1.I. The fourth-order valence-corrected chi connectivity index (χ4v) is 3.05. The molecule has 154 valence electrons. The fraction of sp³-hybridized carbons (Fsp3) is 0.526. The van der Waals surface area contributed by atoms with Crippen LogP contribution in [0.1, 0.15) is 24.2 Å². The van der Waals surface area contributed by atoms with Gasteiger partial charge in [0.2, 0.25) is 0 Å². The average molecular weight is 499 g/mol. The van der Waals surface area contributed by atoms with Gasteiger partial charge in [0.1, 0.15) is 11.9 Å². The molecule has 1 unspecified atom stereocenters. The Kier molecular flexibility index (Phi) is 8.49. The lowest BCUT2D eigenvalue weighted by molar-refractivity contribution is -0.00805. The van der Waals surface area contributed by atoms with Crippen LogP contribution in [0.3, 0.4) is 0 Å². The van der Waals surface area contributed by atoms with Crippen LogP contribution in [-0.2, 0) is 18.3 Å². The van der Waals surface area contributed by atoms with Gasteiger partial charge in [0, 0.05) is 52.2 Å². The highest BCUT2D eigenvalue weighted by atomic mass is 127. The molecule has 8 nitrogen and oxygen atoms in total. The first-order valence-corrected chi connectivity index (χ1v) is 9.32. The molecule has 0 aliphatic carbocycles. The molecule has 0 bridgehead atoms. The molecular weight excluding hydrogens is 469 g/mol. The maximum Gasteiger partial charge on any atom is 0.194 e. The van der Waals surface area contributed by atoms with Crippen LogP contribution >= 0.6 is 24.0 Å². The summed E-state index contributed by atoms with van der Waals surface area (Å²) in [5.41, 5.74) is 2.24. The highest BCUT2D eigenvalue weighted by Gasteiger charge is 2.25.